The summed E-state index contributed by atoms with van der Waals surface area (Å²) in [6, 6.07) is 22.6. The molecule has 4 nitrogen and oxygen atoms in total. The highest BCUT2D eigenvalue weighted by atomic mass is 79.9. The van der Waals surface area contributed by atoms with Crippen molar-refractivity contribution in [3.8, 4) is 17.4 Å². The Morgan fingerprint density at radius 2 is 1.93 bits per heavy atom. The molecule has 3 aromatic rings. The first kappa shape index (κ1) is 18.7. The Labute approximate surface area is 166 Å². The van der Waals surface area contributed by atoms with Gasteiger partial charge in [0.15, 0.2) is 0 Å². The number of hydrogen-bond acceptors (Lipinski definition) is 3. The van der Waals surface area contributed by atoms with Crippen LogP contribution in [0, 0.1) is 11.3 Å². The minimum atomic E-state index is -0.436. The van der Waals surface area contributed by atoms with Crippen LogP contribution in [0.4, 0.5) is 0 Å². The van der Waals surface area contributed by atoms with Crippen molar-refractivity contribution < 1.29 is 9.21 Å². The third-order valence-electron chi connectivity index (χ3n) is 4.03. The van der Waals surface area contributed by atoms with Gasteiger partial charge in [0.25, 0.3) is 5.91 Å². The predicted octanol–water partition coefficient (Wildman–Crippen LogP) is 5.49. The van der Waals surface area contributed by atoms with Crippen LogP contribution in [0.15, 0.2) is 81.2 Å². The zero-order valence-corrected chi connectivity index (χ0v) is 16.2. The van der Waals surface area contributed by atoms with Crippen LogP contribution in [0.2, 0.25) is 0 Å². The lowest BCUT2D eigenvalue weighted by atomic mass is 10.1. The maximum Gasteiger partial charge on any atom is 0.262 e. The van der Waals surface area contributed by atoms with Gasteiger partial charge in [0, 0.05) is 16.1 Å². The first-order valence-corrected chi connectivity index (χ1v) is 9.19. The van der Waals surface area contributed by atoms with E-state index in [9.17, 15) is 10.1 Å². The van der Waals surface area contributed by atoms with Crippen LogP contribution in [-0.4, -0.2) is 5.91 Å². The molecule has 1 aromatic heterocycles. The molecule has 0 radical (unpaired) electrons. The molecule has 1 heterocycles. The van der Waals surface area contributed by atoms with Crippen LogP contribution in [0.1, 0.15) is 24.3 Å². The van der Waals surface area contributed by atoms with Crippen molar-refractivity contribution in [3.05, 3.63) is 88.1 Å². The molecular weight excluding hydrogens is 404 g/mol. The molecule has 0 aliphatic heterocycles. The molecule has 5 heteroatoms. The smallest absolute Gasteiger partial charge is 0.262 e. The van der Waals surface area contributed by atoms with Crippen LogP contribution in [0.5, 0.6) is 0 Å². The summed E-state index contributed by atoms with van der Waals surface area (Å²) in [6.45, 7) is 1.88. The van der Waals surface area contributed by atoms with Gasteiger partial charge in [0.05, 0.1) is 6.04 Å². The molecular formula is C22H17BrN2O2. The van der Waals surface area contributed by atoms with Gasteiger partial charge in [-0.3, -0.25) is 4.79 Å². The second kappa shape index (κ2) is 8.52. The standard InChI is InChI=1S/C22H17BrN2O2/c1-15(16-6-3-2-4-7-16)25-22(26)18(14-24)13-20-10-11-21(27-20)17-8-5-9-19(23)12-17/h2-13,15H,1H3,(H,25,26)/b18-13-/t15-/m1/s1. The Hall–Kier alpha value is -3.10. The van der Waals surface area contributed by atoms with Gasteiger partial charge in [-0.1, -0.05) is 58.4 Å². The highest BCUT2D eigenvalue weighted by molar-refractivity contribution is 9.10. The van der Waals surface area contributed by atoms with Gasteiger partial charge in [-0.25, -0.2) is 0 Å². The number of nitrogens with zero attached hydrogens (tertiary/aromatic N) is 1. The van der Waals surface area contributed by atoms with Crippen molar-refractivity contribution in [2.75, 3.05) is 0 Å². The molecule has 0 aliphatic rings. The summed E-state index contributed by atoms with van der Waals surface area (Å²) in [5.41, 5.74) is 1.87. The summed E-state index contributed by atoms with van der Waals surface area (Å²) in [5, 5.41) is 12.2. The van der Waals surface area contributed by atoms with E-state index in [0.717, 1.165) is 15.6 Å². The van der Waals surface area contributed by atoms with Crippen molar-refractivity contribution >= 4 is 27.9 Å². The fraction of sp³-hybridized carbons (Fsp3) is 0.0909. The van der Waals surface area contributed by atoms with Gasteiger partial charge < -0.3 is 9.73 Å². The molecule has 0 spiro atoms. The Morgan fingerprint density at radius 1 is 1.15 bits per heavy atom. The molecule has 27 heavy (non-hydrogen) atoms. The highest BCUT2D eigenvalue weighted by Gasteiger charge is 2.14. The van der Waals surface area contributed by atoms with Crippen LogP contribution in [0.3, 0.4) is 0 Å². The molecule has 0 fully saturated rings. The van der Waals surface area contributed by atoms with Gasteiger partial charge >= 0.3 is 0 Å². The molecule has 0 bridgehead atoms. The number of nitrogens with one attached hydrogen (secondary N) is 1. The van der Waals surface area contributed by atoms with Crippen molar-refractivity contribution in [3.63, 3.8) is 0 Å². The molecule has 2 aromatic carbocycles. The Bertz CT molecular complexity index is 1020. The zero-order chi connectivity index (χ0) is 19.2. The lowest BCUT2D eigenvalue weighted by molar-refractivity contribution is -0.117. The van der Waals surface area contributed by atoms with E-state index in [1.165, 1.54) is 6.08 Å². The van der Waals surface area contributed by atoms with E-state index in [4.69, 9.17) is 4.42 Å². The van der Waals surface area contributed by atoms with Gasteiger partial charge in [-0.05, 0) is 36.8 Å². The second-order valence-electron chi connectivity index (χ2n) is 5.99. The topological polar surface area (TPSA) is 66.0 Å². The first-order valence-electron chi connectivity index (χ1n) is 8.40. The molecule has 0 saturated heterocycles. The maximum absolute atomic E-state index is 12.4. The Kier molecular flexibility index (Phi) is 5.90. The van der Waals surface area contributed by atoms with Gasteiger partial charge in [-0.2, -0.15) is 5.26 Å². The van der Waals surface area contributed by atoms with Crippen LogP contribution in [0.25, 0.3) is 17.4 Å². The van der Waals surface area contributed by atoms with Gasteiger partial charge in [0.2, 0.25) is 0 Å². The second-order valence-corrected chi connectivity index (χ2v) is 6.90. The molecule has 0 saturated carbocycles. The molecule has 1 N–H and O–H groups in total. The number of nitriles is 1. The summed E-state index contributed by atoms with van der Waals surface area (Å²) in [6.07, 6.45) is 1.45. The Morgan fingerprint density at radius 3 is 2.63 bits per heavy atom. The van der Waals surface area contributed by atoms with E-state index in [2.05, 4.69) is 21.2 Å². The molecule has 3 rings (SSSR count). The van der Waals surface area contributed by atoms with E-state index in [1.807, 2.05) is 73.7 Å². The summed E-state index contributed by atoms with van der Waals surface area (Å²) >= 11 is 3.43. The number of amides is 1. The number of benzene rings is 2. The van der Waals surface area contributed by atoms with Crippen molar-refractivity contribution in [2.45, 2.75) is 13.0 Å². The molecule has 0 aliphatic carbocycles. The molecule has 0 unspecified atom stereocenters. The van der Waals surface area contributed by atoms with E-state index < -0.39 is 5.91 Å². The zero-order valence-electron chi connectivity index (χ0n) is 14.6. The quantitative estimate of drug-likeness (QED) is 0.438. The third-order valence-corrected chi connectivity index (χ3v) is 4.53. The van der Waals surface area contributed by atoms with Gasteiger partial charge in [0.1, 0.15) is 23.2 Å². The summed E-state index contributed by atoms with van der Waals surface area (Å²) < 4.78 is 6.71. The fourth-order valence-electron chi connectivity index (χ4n) is 2.62. The normalized spacial score (nSPS) is 12.3. The van der Waals surface area contributed by atoms with E-state index >= 15 is 0 Å². The number of halogens is 1. The third kappa shape index (κ3) is 4.75. The van der Waals surface area contributed by atoms with Crippen LogP contribution < -0.4 is 5.32 Å². The lowest BCUT2D eigenvalue weighted by Crippen LogP contribution is -2.27. The minimum absolute atomic E-state index is 0.00655. The molecule has 1 amide bonds. The number of hydrogen-bond donors (Lipinski definition) is 1. The lowest BCUT2D eigenvalue weighted by Gasteiger charge is -2.13. The van der Waals surface area contributed by atoms with E-state index in [0.29, 0.717) is 11.5 Å². The number of carbonyl (C=O) groups excluding carboxylic acids is 1. The fourth-order valence-corrected chi connectivity index (χ4v) is 3.02. The monoisotopic (exact) mass is 420 g/mol. The summed E-state index contributed by atoms with van der Waals surface area (Å²) in [7, 11) is 0. The van der Waals surface area contributed by atoms with E-state index in [1.54, 1.807) is 6.07 Å². The summed E-state index contributed by atoms with van der Waals surface area (Å²) in [5.74, 6) is 0.677. The van der Waals surface area contributed by atoms with Crippen LogP contribution in [-0.2, 0) is 4.79 Å². The largest absolute Gasteiger partial charge is 0.457 e. The Balaban J connectivity index is 1.76. The highest BCUT2D eigenvalue weighted by Crippen LogP contribution is 2.26. The summed E-state index contributed by atoms with van der Waals surface area (Å²) in [4.78, 5) is 12.4. The number of carbonyl (C=O) groups is 1. The number of furan rings is 1. The average Bonchev–Trinajstić information content (AvgIpc) is 3.15. The maximum atomic E-state index is 12.4. The van der Waals surface area contributed by atoms with Crippen molar-refractivity contribution in [1.82, 2.24) is 5.32 Å². The average molecular weight is 421 g/mol. The van der Waals surface area contributed by atoms with Crippen molar-refractivity contribution in [2.24, 2.45) is 0 Å². The molecule has 134 valence electrons. The SMILES string of the molecule is C[C@@H](NC(=O)/C(C#N)=C\c1ccc(-c2cccc(Br)c2)o1)c1ccccc1. The van der Waals surface area contributed by atoms with Gasteiger partial charge in [-0.15, -0.1) is 0 Å². The van der Waals surface area contributed by atoms with Crippen LogP contribution >= 0.6 is 15.9 Å². The van der Waals surface area contributed by atoms with Crippen molar-refractivity contribution in [1.29, 1.82) is 5.26 Å². The predicted molar refractivity (Wildman–Crippen MR) is 108 cm³/mol. The molecule has 1 atom stereocenters. The minimum Gasteiger partial charge on any atom is -0.457 e. The van der Waals surface area contributed by atoms with E-state index in [-0.39, 0.29) is 11.6 Å². The number of rotatable bonds is 5. The first-order chi connectivity index (χ1) is 13.1.